The highest BCUT2D eigenvalue weighted by Crippen LogP contribution is 2.15. The summed E-state index contributed by atoms with van der Waals surface area (Å²) in [6.07, 6.45) is 3.46. The third-order valence-electron chi connectivity index (χ3n) is 2.92. The lowest BCUT2D eigenvalue weighted by molar-refractivity contribution is 0.104. The molecule has 0 saturated heterocycles. The SMILES string of the molecule is Cc1ccc(C(=O)/C=C/c2cccc(Br)c2)c(C)c1. The van der Waals surface area contributed by atoms with Gasteiger partial charge < -0.3 is 0 Å². The maximum Gasteiger partial charge on any atom is 0.186 e. The van der Waals surface area contributed by atoms with E-state index in [4.69, 9.17) is 0 Å². The molecular weight excluding hydrogens is 300 g/mol. The first kappa shape index (κ1) is 13.8. The van der Waals surface area contributed by atoms with Crippen LogP contribution in [-0.2, 0) is 0 Å². The van der Waals surface area contributed by atoms with Gasteiger partial charge in [-0.15, -0.1) is 0 Å². The summed E-state index contributed by atoms with van der Waals surface area (Å²) in [4.78, 5) is 12.1. The third-order valence-corrected chi connectivity index (χ3v) is 3.42. The monoisotopic (exact) mass is 314 g/mol. The first-order valence-corrected chi connectivity index (χ1v) is 6.91. The van der Waals surface area contributed by atoms with E-state index >= 15 is 0 Å². The van der Waals surface area contributed by atoms with Crippen molar-refractivity contribution in [3.8, 4) is 0 Å². The zero-order valence-corrected chi connectivity index (χ0v) is 12.6. The van der Waals surface area contributed by atoms with E-state index in [-0.39, 0.29) is 5.78 Å². The van der Waals surface area contributed by atoms with Crippen LogP contribution in [0.3, 0.4) is 0 Å². The Bertz CT molecular complexity index is 641. The van der Waals surface area contributed by atoms with Crippen LogP contribution < -0.4 is 0 Å². The standard InChI is InChI=1S/C17H15BrO/c1-12-6-8-16(13(2)10-12)17(19)9-7-14-4-3-5-15(18)11-14/h3-11H,1-2H3/b9-7+. The molecular formula is C17H15BrO. The number of carbonyl (C=O) groups is 1. The molecule has 19 heavy (non-hydrogen) atoms. The van der Waals surface area contributed by atoms with Crippen LogP contribution in [0.25, 0.3) is 6.08 Å². The van der Waals surface area contributed by atoms with E-state index in [2.05, 4.69) is 15.9 Å². The molecule has 0 unspecified atom stereocenters. The van der Waals surface area contributed by atoms with E-state index in [9.17, 15) is 4.79 Å². The lowest BCUT2D eigenvalue weighted by atomic mass is 10.0. The molecule has 0 heterocycles. The van der Waals surface area contributed by atoms with Gasteiger partial charge in [0.1, 0.15) is 0 Å². The summed E-state index contributed by atoms with van der Waals surface area (Å²) in [5.74, 6) is 0.0393. The number of allylic oxidation sites excluding steroid dienone is 1. The van der Waals surface area contributed by atoms with Crippen LogP contribution in [0, 0.1) is 13.8 Å². The second-order valence-electron chi connectivity index (χ2n) is 4.57. The molecule has 0 amide bonds. The fourth-order valence-electron chi connectivity index (χ4n) is 1.96. The Labute approximate surface area is 122 Å². The maximum atomic E-state index is 12.1. The fourth-order valence-corrected chi connectivity index (χ4v) is 2.38. The van der Waals surface area contributed by atoms with Crippen molar-refractivity contribution < 1.29 is 4.79 Å². The van der Waals surface area contributed by atoms with E-state index in [1.807, 2.05) is 62.4 Å². The average Bonchev–Trinajstić information content (AvgIpc) is 2.36. The normalized spacial score (nSPS) is 10.9. The second-order valence-corrected chi connectivity index (χ2v) is 5.49. The minimum absolute atomic E-state index is 0.0393. The van der Waals surface area contributed by atoms with E-state index < -0.39 is 0 Å². The summed E-state index contributed by atoms with van der Waals surface area (Å²) >= 11 is 3.41. The smallest absolute Gasteiger partial charge is 0.186 e. The quantitative estimate of drug-likeness (QED) is 0.578. The van der Waals surface area contributed by atoms with Crippen molar-refractivity contribution >= 4 is 27.8 Å². The Hall–Kier alpha value is -1.67. The Morgan fingerprint density at radius 1 is 1.11 bits per heavy atom. The molecule has 2 aromatic carbocycles. The Kier molecular flexibility index (Phi) is 4.33. The molecule has 0 aromatic heterocycles. The molecule has 0 radical (unpaired) electrons. The van der Waals surface area contributed by atoms with Crippen molar-refractivity contribution in [3.63, 3.8) is 0 Å². The van der Waals surface area contributed by atoms with E-state index in [0.717, 1.165) is 21.2 Å². The first-order valence-electron chi connectivity index (χ1n) is 6.11. The molecule has 2 aromatic rings. The maximum absolute atomic E-state index is 12.1. The minimum atomic E-state index is 0.0393. The van der Waals surface area contributed by atoms with Crippen LogP contribution >= 0.6 is 15.9 Å². The first-order chi connectivity index (χ1) is 9.06. The van der Waals surface area contributed by atoms with E-state index in [1.165, 1.54) is 5.56 Å². The third kappa shape index (κ3) is 3.65. The number of aryl methyl sites for hydroxylation is 2. The molecule has 0 spiro atoms. The lowest BCUT2D eigenvalue weighted by Gasteiger charge is -2.03. The topological polar surface area (TPSA) is 17.1 Å². The van der Waals surface area contributed by atoms with Gasteiger partial charge in [0.05, 0.1) is 0 Å². The summed E-state index contributed by atoms with van der Waals surface area (Å²) in [6.45, 7) is 3.99. The Morgan fingerprint density at radius 3 is 2.58 bits per heavy atom. The predicted octanol–water partition coefficient (Wildman–Crippen LogP) is 4.96. The van der Waals surface area contributed by atoms with Gasteiger partial charge in [-0.25, -0.2) is 0 Å². The lowest BCUT2D eigenvalue weighted by Crippen LogP contribution is -1.97. The summed E-state index contributed by atoms with van der Waals surface area (Å²) in [5, 5.41) is 0. The van der Waals surface area contributed by atoms with Crippen molar-refractivity contribution in [1.29, 1.82) is 0 Å². The van der Waals surface area contributed by atoms with Gasteiger partial charge in [0.25, 0.3) is 0 Å². The van der Waals surface area contributed by atoms with Crippen LogP contribution in [0.1, 0.15) is 27.0 Å². The fraction of sp³-hybridized carbons (Fsp3) is 0.118. The molecule has 0 aliphatic rings. The van der Waals surface area contributed by atoms with Gasteiger partial charge in [-0.05, 0) is 43.2 Å². The van der Waals surface area contributed by atoms with Crippen LogP contribution in [0.4, 0.5) is 0 Å². The summed E-state index contributed by atoms with van der Waals surface area (Å²) in [7, 11) is 0. The number of carbonyl (C=O) groups excluding carboxylic acids is 1. The summed E-state index contributed by atoms with van der Waals surface area (Å²) < 4.78 is 1.01. The van der Waals surface area contributed by atoms with Gasteiger partial charge in [-0.1, -0.05) is 57.9 Å². The van der Waals surface area contributed by atoms with E-state index in [1.54, 1.807) is 6.08 Å². The molecule has 96 valence electrons. The van der Waals surface area contributed by atoms with Gasteiger partial charge in [-0.3, -0.25) is 4.79 Å². The number of rotatable bonds is 3. The van der Waals surface area contributed by atoms with Gasteiger partial charge in [-0.2, -0.15) is 0 Å². The van der Waals surface area contributed by atoms with Gasteiger partial charge in [0.2, 0.25) is 0 Å². The van der Waals surface area contributed by atoms with Gasteiger partial charge in [0.15, 0.2) is 5.78 Å². The van der Waals surface area contributed by atoms with Crippen LogP contribution in [-0.4, -0.2) is 5.78 Å². The predicted molar refractivity (Wildman–Crippen MR) is 83.4 cm³/mol. The zero-order chi connectivity index (χ0) is 13.8. The molecule has 0 aliphatic carbocycles. The zero-order valence-electron chi connectivity index (χ0n) is 11.0. The van der Waals surface area contributed by atoms with Gasteiger partial charge >= 0.3 is 0 Å². The molecule has 0 bridgehead atoms. The summed E-state index contributed by atoms with van der Waals surface area (Å²) in [6, 6.07) is 13.7. The molecule has 0 aliphatic heterocycles. The molecule has 0 N–H and O–H groups in total. The second kappa shape index (κ2) is 5.98. The Balaban J connectivity index is 2.21. The minimum Gasteiger partial charge on any atom is -0.289 e. The summed E-state index contributed by atoms with van der Waals surface area (Å²) in [5.41, 5.74) is 3.96. The number of halogens is 1. The van der Waals surface area contributed by atoms with E-state index in [0.29, 0.717) is 0 Å². The molecule has 0 saturated carbocycles. The number of ketones is 1. The van der Waals surface area contributed by atoms with Crippen LogP contribution in [0.5, 0.6) is 0 Å². The molecule has 0 fully saturated rings. The molecule has 0 atom stereocenters. The van der Waals surface area contributed by atoms with Crippen molar-refractivity contribution in [2.45, 2.75) is 13.8 Å². The van der Waals surface area contributed by atoms with Crippen molar-refractivity contribution in [2.75, 3.05) is 0 Å². The number of hydrogen-bond donors (Lipinski definition) is 0. The average molecular weight is 315 g/mol. The number of hydrogen-bond acceptors (Lipinski definition) is 1. The highest BCUT2D eigenvalue weighted by molar-refractivity contribution is 9.10. The van der Waals surface area contributed by atoms with Crippen LogP contribution in [0.2, 0.25) is 0 Å². The molecule has 2 rings (SSSR count). The molecule has 2 heteroatoms. The molecule has 1 nitrogen and oxygen atoms in total. The van der Waals surface area contributed by atoms with Crippen molar-refractivity contribution in [1.82, 2.24) is 0 Å². The number of benzene rings is 2. The highest BCUT2D eigenvalue weighted by atomic mass is 79.9. The largest absolute Gasteiger partial charge is 0.289 e. The van der Waals surface area contributed by atoms with Crippen molar-refractivity contribution in [2.24, 2.45) is 0 Å². The highest BCUT2D eigenvalue weighted by Gasteiger charge is 2.05. The Morgan fingerprint density at radius 2 is 1.89 bits per heavy atom. The van der Waals surface area contributed by atoms with Crippen molar-refractivity contribution in [3.05, 3.63) is 75.3 Å². The van der Waals surface area contributed by atoms with Gasteiger partial charge in [0, 0.05) is 10.0 Å². The van der Waals surface area contributed by atoms with Crippen LogP contribution in [0.15, 0.2) is 53.0 Å².